The fourth-order valence-corrected chi connectivity index (χ4v) is 12.7. The van der Waals surface area contributed by atoms with Gasteiger partial charge in [-0.1, -0.05) is 197 Å². The minimum Gasteiger partial charge on any atom is -0.0619 e. The summed E-state index contributed by atoms with van der Waals surface area (Å²) in [5, 5.41) is 18.5. The van der Waals surface area contributed by atoms with Crippen LogP contribution >= 0.6 is 0 Å². The van der Waals surface area contributed by atoms with Crippen LogP contribution in [0, 0.1) is 0 Å². The molecule has 0 heteroatoms. The Hall–Kier alpha value is -7.80. The average molecular weight is 823 g/mol. The summed E-state index contributed by atoms with van der Waals surface area (Å²) in [6.45, 7) is 6.92. The van der Waals surface area contributed by atoms with Gasteiger partial charge in [-0.2, -0.15) is 0 Å². The maximum absolute atomic E-state index is 2.54. The Balaban J connectivity index is 0.953. The molecule has 0 aromatic heterocycles. The average Bonchev–Trinajstić information content (AvgIpc) is 3.81. The van der Waals surface area contributed by atoms with Crippen molar-refractivity contribution in [3.05, 3.63) is 228 Å². The van der Waals surface area contributed by atoms with Crippen LogP contribution in [-0.2, 0) is 10.8 Å². The predicted molar refractivity (Wildman–Crippen MR) is 277 cm³/mol. The molecule has 2 aliphatic carbocycles. The van der Waals surface area contributed by atoms with E-state index < -0.39 is 5.41 Å². The van der Waals surface area contributed by atoms with Gasteiger partial charge in [-0.25, -0.2) is 0 Å². The van der Waals surface area contributed by atoms with Crippen LogP contribution < -0.4 is 0 Å². The molecule has 0 nitrogen and oxygen atoms in total. The van der Waals surface area contributed by atoms with Crippen LogP contribution in [-0.4, -0.2) is 0 Å². The Bertz CT molecular complexity index is 4080. The quantitative estimate of drug-likeness (QED) is 0.152. The van der Waals surface area contributed by atoms with Crippen molar-refractivity contribution in [3.8, 4) is 44.5 Å². The molecule has 65 heavy (non-hydrogen) atoms. The Kier molecular flexibility index (Phi) is 6.72. The van der Waals surface area contributed by atoms with Crippen molar-refractivity contribution in [2.75, 3.05) is 0 Å². The zero-order chi connectivity index (χ0) is 42.9. The fraction of sp³-hybridized carbons (Fsp3) is 0.0769. The van der Waals surface area contributed by atoms with Crippen LogP contribution in [0.2, 0.25) is 0 Å². The minimum atomic E-state index is -0.483. The monoisotopic (exact) mass is 822 g/mol. The molecule has 13 aromatic rings. The molecule has 0 heterocycles. The van der Waals surface area contributed by atoms with Crippen LogP contribution in [0.25, 0.3) is 120 Å². The van der Waals surface area contributed by atoms with Crippen LogP contribution in [0.5, 0.6) is 0 Å². The van der Waals surface area contributed by atoms with Crippen LogP contribution in [0.15, 0.2) is 200 Å². The molecule has 13 aromatic carbocycles. The molecule has 0 aliphatic heterocycles. The van der Waals surface area contributed by atoms with E-state index in [2.05, 4.69) is 221 Å². The number of rotatable bonds is 2. The van der Waals surface area contributed by atoms with Crippen molar-refractivity contribution in [1.29, 1.82) is 0 Å². The molecule has 0 atom stereocenters. The Morgan fingerprint density at radius 1 is 0.292 bits per heavy atom. The first-order chi connectivity index (χ1) is 31.8. The first-order valence-electron chi connectivity index (χ1n) is 23.1. The Morgan fingerprint density at radius 2 is 0.769 bits per heavy atom. The zero-order valence-corrected chi connectivity index (χ0v) is 36.6. The molecule has 0 saturated heterocycles. The highest BCUT2D eigenvalue weighted by atomic mass is 14.5. The molecule has 0 radical (unpaired) electrons. The lowest BCUT2D eigenvalue weighted by Crippen LogP contribution is -2.26. The van der Waals surface area contributed by atoms with E-state index in [4.69, 9.17) is 0 Å². The van der Waals surface area contributed by atoms with Gasteiger partial charge in [-0.15, -0.1) is 0 Å². The van der Waals surface area contributed by atoms with E-state index in [1.54, 1.807) is 0 Å². The van der Waals surface area contributed by atoms with Crippen molar-refractivity contribution >= 4 is 75.4 Å². The lowest BCUT2D eigenvalue weighted by molar-refractivity contribution is 0.591. The van der Waals surface area contributed by atoms with Crippen LogP contribution in [0.3, 0.4) is 0 Å². The Morgan fingerprint density at radius 3 is 1.45 bits per heavy atom. The molecule has 0 N–H and O–H groups in total. The largest absolute Gasteiger partial charge is 0.0731 e. The molecular formula is C65H42. The van der Waals surface area contributed by atoms with Gasteiger partial charge in [0.25, 0.3) is 0 Å². The van der Waals surface area contributed by atoms with E-state index in [1.807, 2.05) is 0 Å². The molecule has 0 fully saturated rings. The van der Waals surface area contributed by atoms with E-state index >= 15 is 0 Å². The third-order valence-electron chi connectivity index (χ3n) is 15.6. The molecule has 0 bridgehead atoms. The minimum absolute atomic E-state index is 0.0872. The van der Waals surface area contributed by atoms with Crippen LogP contribution in [0.4, 0.5) is 0 Å². The maximum atomic E-state index is 2.54. The third-order valence-corrected chi connectivity index (χ3v) is 15.6. The van der Waals surface area contributed by atoms with E-state index in [1.165, 1.54) is 148 Å². The van der Waals surface area contributed by atoms with Gasteiger partial charge in [0, 0.05) is 0 Å². The summed E-state index contributed by atoms with van der Waals surface area (Å²) in [7, 11) is 0. The number of benzene rings is 13. The van der Waals surface area contributed by atoms with Crippen molar-refractivity contribution < 1.29 is 0 Å². The third kappa shape index (κ3) is 4.56. The summed E-state index contributed by atoms with van der Waals surface area (Å²) in [4.78, 5) is 0. The molecule has 0 unspecified atom stereocenters. The topological polar surface area (TPSA) is 0 Å². The maximum Gasteiger partial charge on any atom is 0.0731 e. The standard InChI is InChI=1S/C65H42/c1-64(2,3)48-34-45-19-17-43-32-47(33-44-18-20-46(35-48)61(45)60(43)44)40-23-28-53-55-30-25-42-31-41(49-26-21-39-16-15-37-9-8-10-38-22-29-54(49)62(39)59(37)38)24-27-50(42)63(55)65(58(53)36-40)56-13-6-4-11-51(56)52-12-5-7-14-57(52)65/h4-36H,1-3H3. The normalized spacial score (nSPS) is 13.9. The van der Waals surface area contributed by atoms with Gasteiger partial charge in [0.15, 0.2) is 0 Å². The highest BCUT2D eigenvalue weighted by Gasteiger charge is 2.52. The molecule has 2 aliphatic rings. The molecule has 1 spiro atoms. The summed E-state index contributed by atoms with van der Waals surface area (Å²) < 4.78 is 0. The van der Waals surface area contributed by atoms with E-state index in [0.29, 0.717) is 0 Å². The second-order valence-corrected chi connectivity index (χ2v) is 20.0. The van der Waals surface area contributed by atoms with Gasteiger partial charge in [-0.3, -0.25) is 0 Å². The summed E-state index contributed by atoms with van der Waals surface area (Å²) in [6, 6.07) is 77.3. The highest BCUT2D eigenvalue weighted by Crippen LogP contribution is 2.64. The fourth-order valence-electron chi connectivity index (χ4n) is 12.7. The predicted octanol–water partition coefficient (Wildman–Crippen LogP) is 17.6. The number of hydrogen-bond donors (Lipinski definition) is 0. The van der Waals surface area contributed by atoms with Crippen molar-refractivity contribution in [1.82, 2.24) is 0 Å². The van der Waals surface area contributed by atoms with Crippen molar-refractivity contribution in [2.24, 2.45) is 0 Å². The van der Waals surface area contributed by atoms with Gasteiger partial charge < -0.3 is 0 Å². The number of hydrogen-bond acceptors (Lipinski definition) is 0. The first kappa shape index (κ1) is 35.6. The highest BCUT2D eigenvalue weighted by molar-refractivity contribution is 6.26. The first-order valence-corrected chi connectivity index (χ1v) is 23.1. The lowest BCUT2D eigenvalue weighted by Gasteiger charge is -2.32. The zero-order valence-electron chi connectivity index (χ0n) is 36.6. The SMILES string of the molecule is CC(C)(C)c1cc2ccc3cc(-c4ccc5c(c4)C4(c6ccccc6-c6ccccc64)c4c-5ccc5cc(-c6ccc7ccc8cccc9ccc6c7c89)ccc45)cc4ccc(c1)c2c34. The van der Waals surface area contributed by atoms with Gasteiger partial charge in [0.05, 0.1) is 5.41 Å². The second kappa shape index (κ2) is 12.3. The van der Waals surface area contributed by atoms with Gasteiger partial charge in [0.2, 0.25) is 0 Å². The molecule has 302 valence electrons. The summed E-state index contributed by atoms with van der Waals surface area (Å²) in [5.74, 6) is 0. The summed E-state index contributed by atoms with van der Waals surface area (Å²) in [5.41, 5.74) is 16.8. The van der Waals surface area contributed by atoms with Crippen LogP contribution in [0.1, 0.15) is 48.6 Å². The second-order valence-electron chi connectivity index (χ2n) is 20.0. The summed E-state index contributed by atoms with van der Waals surface area (Å²) >= 11 is 0. The molecule has 0 amide bonds. The van der Waals surface area contributed by atoms with E-state index in [9.17, 15) is 0 Å². The van der Waals surface area contributed by atoms with Crippen molar-refractivity contribution in [3.63, 3.8) is 0 Å². The molecule has 0 saturated carbocycles. The smallest absolute Gasteiger partial charge is 0.0619 e. The van der Waals surface area contributed by atoms with Gasteiger partial charge in [-0.05, 0) is 177 Å². The molecular weight excluding hydrogens is 781 g/mol. The van der Waals surface area contributed by atoms with Crippen molar-refractivity contribution in [2.45, 2.75) is 31.6 Å². The van der Waals surface area contributed by atoms with Gasteiger partial charge in [0.1, 0.15) is 0 Å². The summed E-state index contributed by atoms with van der Waals surface area (Å²) in [6.07, 6.45) is 0. The lowest BCUT2D eigenvalue weighted by atomic mass is 9.69. The van der Waals surface area contributed by atoms with E-state index in [0.717, 1.165) is 0 Å². The Labute approximate surface area is 377 Å². The van der Waals surface area contributed by atoms with E-state index in [-0.39, 0.29) is 5.41 Å². The molecule has 15 rings (SSSR count). The number of fused-ring (bicyclic) bond motifs is 12. The van der Waals surface area contributed by atoms with Gasteiger partial charge >= 0.3 is 0 Å².